The van der Waals surface area contributed by atoms with Crippen molar-refractivity contribution in [3.63, 3.8) is 0 Å². The molecule has 0 fully saturated rings. The van der Waals surface area contributed by atoms with Gasteiger partial charge in [-0.05, 0) is 54.7 Å². The number of hydrogen-bond acceptors (Lipinski definition) is 1. The SMILES string of the molecule is Cc1ccc(C(N)c2cccc(Cl)c2C)cc1C. The molecule has 0 aliphatic rings. The van der Waals surface area contributed by atoms with Crippen molar-refractivity contribution >= 4 is 11.6 Å². The first kappa shape index (κ1) is 13.1. The molecule has 2 heteroatoms. The number of nitrogens with two attached hydrogens (primary N) is 1. The molecule has 18 heavy (non-hydrogen) atoms. The van der Waals surface area contributed by atoms with E-state index >= 15 is 0 Å². The molecule has 2 N–H and O–H groups in total. The van der Waals surface area contributed by atoms with Gasteiger partial charge in [-0.1, -0.05) is 41.9 Å². The molecule has 1 nitrogen and oxygen atoms in total. The van der Waals surface area contributed by atoms with Gasteiger partial charge in [0.25, 0.3) is 0 Å². The molecule has 1 atom stereocenters. The molecule has 0 bridgehead atoms. The zero-order valence-corrected chi connectivity index (χ0v) is 11.8. The minimum absolute atomic E-state index is 0.122. The van der Waals surface area contributed by atoms with Crippen molar-refractivity contribution in [1.29, 1.82) is 0 Å². The van der Waals surface area contributed by atoms with Gasteiger partial charge in [0.1, 0.15) is 0 Å². The highest BCUT2D eigenvalue weighted by molar-refractivity contribution is 6.31. The van der Waals surface area contributed by atoms with E-state index in [9.17, 15) is 0 Å². The van der Waals surface area contributed by atoms with Crippen LogP contribution in [0, 0.1) is 20.8 Å². The molecule has 2 aromatic rings. The molecule has 0 saturated heterocycles. The Bertz CT molecular complexity index is 575. The third-order valence-corrected chi connectivity index (χ3v) is 3.94. The largest absolute Gasteiger partial charge is 0.320 e. The predicted molar refractivity (Wildman–Crippen MR) is 78.1 cm³/mol. The van der Waals surface area contributed by atoms with Gasteiger partial charge in [-0.25, -0.2) is 0 Å². The Morgan fingerprint density at radius 2 is 1.72 bits per heavy atom. The summed E-state index contributed by atoms with van der Waals surface area (Å²) in [5, 5.41) is 0.770. The molecule has 0 aliphatic heterocycles. The minimum Gasteiger partial charge on any atom is -0.320 e. The zero-order valence-electron chi connectivity index (χ0n) is 11.0. The molecular weight excluding hydrogens is 242 g/mol. The smallest absolute Gasteiger partial charge is 0.0554 e. The molecule has 0 saturated carbocycles. The van der Waals surface area contributed by atoms with Crippen molar-refractivity contribution < 1.29 is 0 Å². The number of hydrogen-bond donors (Lipinski definition) is 1. The highest BCUT2D eigenvalue weighted by Crippen LogP contribution is 2.27. The normalized spacial score (nSPS) is 12.5. The molecule has 0 spiro atoms. The van der Waals surface area contributed by atoms with Crippen LogP contribution in [0.4, 0.5) is 0 Å². The van der Waals surface area contributed by atoms with Gasteiger partial charge in [-0.15, -0.1) is 0 Å². The molecule has 2 rings (SSSR count). The third-order valence-electron chi connectivity index (χ3n) is 3.53. The molecule has 0 aromatic heterocycles. The molecule has 0 amide bonds. The van der Waals surface area contributed by atoms with Crippen LogP contribution in [-0.2, 0) is 0 Å². The first-order chi connectivity index (χ1) is 8.50. The highest BCUT2D eigenvalue weighted by Gasteiger charge is 2.13. The van der Waals surface area contributed by atoms with Crippen molar-refractivity contribution in [2.45, 2.75) is 26.8 Å². The Hall–Kier alpha value is -1.31. The average Bonchev–Trinajstić information content (AvgIpc) is 2.35. The van der Waals surface area contributed by atoms with E-state index < -0.39 is 0 Å². The van der Waals surface area contributed by atoms with E-state index in [0.29, 0.717) is 0 Å². The van der Waals surface area contributed by atoms with Crippen LogP contribution in [0.3, 0.4) is 0 Å². The van der Waals surface area contributed by atoms with E-state index in [1.165, 1.54) is 11.1 Å². The van der Waals surface area contributed by atoms with Gasteiger partial charge in [-0.2, -0.15) is 0 Å². The molecule has 0 heterocycles. The lowest BCUT2D eigenvalue weighted by Gasteiger charge is -2.17. The van der Waals surface area contributed by atoms with E-state index in [-0.39, 0.29) is 6.04 Å². The van der Waals surface area contributed by atoms with Crippen LogP contribution in [0.1, 0.15) is 33.9 Å². The van der Waals surface area contributed by atoms with E-state index in [0.717, 1.165) is 21.7 Å². The van der Waals surface area contributed by atoms with Crippen LogP contribution in [0.2, 0.25) is 5.02 Å². The fourth-order valence-electron chi connectivity index (χ4n) is 2.10. The van der Waals surface area contributed by atoms with Gasteiger partial charge < -0.3 is 5.73 Å². The lowest BCUT2D eigenvalue weighted by molar-refractivity contribution is 0.859. The van der Waals surface area contributed by atoms with E-state index in [4.69, 9.17) is 17.3 Å². The lowest BCUT2D eigenvalue weighted by Crippen LogP contribution is -2.13. The topological polar surface area (TPSA) is 26.0 Å². The average molecular weight is 260 g/mol. The van der Waals surface area contributed by atoms with E-state index in [1.807, 2.05) is 25.1 Å². The summed E-state index contributed by atoms with van der Waals surface area (Å²) in [4.78, 5) is 0. The summed E-state index contributed by atoms with van der Waals surface area (Å²) >= 11 is 6.15. The predicted octanol–water partition coefficient (Wildman–Crippen LogP) is 4.31. The molecule has 0 radical (unpaired) electrons. The van der Waals surface area contributed by atoms with Gasteiger partial charge in [0, 0.05) is 5.02 Å². The van der Waals surface area contributed by atoms with Crippen molar-refractivity contribution in [2.75, 3.05) is 0 Å². The number of benzene rings is 2. The van der Waals surface area contributed by atoms with E-state index in [1.54, 1.807) is 0 Å². The van der Waals surface area contributed by atoms with Crippen molar-refractivity contribution in [3.05, 3.63) is 69.2 Å². The zero-order chi connectivity index (χ0) is 13.3. The fourth-order valence-corrected chi connectivity index (χ4v) is 2.28. The summed E-state index contributed by atoms with van der Waals surface area (Å²) in [5.74, 6) is 0. The van der Waals surface area contributed by atoms with Crippen LogP contribution in [0.25, 0.3) is 0 Å². The van der Waals surface area contributed by atoms with Crippen molar-refractivity contribution in [1.82, 2.24) is 0 Å². The van der Waals surface area contributed by atoms with Crippen LogP contribution in [0.5, 0.6) is 0 Å². The Labute approximate surface area is 114 Å². The van der Waals surface area contributed by atoms with Crippen molar-refractivity contribution in [3.8, 4) is 0 Å². The highest BCUT2D eigenvalue weighted by atomic mass is 35.5. The van der Waals surface area contributed by atoms with Crippen LogP contribution in [-0.4, -0.2) is 0 Å². The van der Waals surface area contributed by atoms with Gasteiger partial charge in [0.2, 0.25) is 0 Å². The summed E-state index contributed by atoms with van der Waals surface area (Å²) in [6.45, 7) is 6.23. The second-order valence-electron chi connectivity index (χ2n) is 4.78. The second kappa shape index (κ2) is 5.13. The van der Waals surface area contributed by atoms with Crippen LogP contribution >= 0.6 is 11.6 Å². The fraction of sp³-hybridized carbons (Fsp3) is 0.250. The Morgan fingerprint density at radius 3 is 2.39 bits per heavy atom. The maximum absolute atomic E-state index is 6.35. The van der Waals surface area contributed by atoms with Gasteiger partial charge in [-0.3, -0.25) is 0 Å². The molecule has 94 valence electrons. The summed E-state index contributed by atoms with van der Waals surface area (Å²) < 4.78 is 0. The standard InChI is InChI=1S/C16H18ClN/c1-10-7-8-13(9-11(10)2)16(18)14-5-4-6-15(17)12(14)3/h4-9,16H,18H2,1-3H3. The van der Waals surface area contributed by atoms with Crippen molar-refractivity contribution in [2.24, 2.45) is 5.73 Å². The van der Waals surface area contributed by atoms with Gasteiger partial charge in [0.05, 0.1) is 6.04 Å². The van der Waals surface area contributed by atoms with Crippen LogP contribution in [0.15, 0.2) is 36.4 Å². The van der Waals surface area contributed by atoms with E-state index in [2.05, 4.69) is 32.0 Å². The monoisotopic (exact) mass is 259 g/mol. The van der Waals surface area contributed by atoms with Gasteiger partial charge >= 0.3 is 0 Å². The summed E-state index contributed by atoms with van der Waals surface area (Å²) in [6, 6.07) is 12.1. The minimum atomic E-state index is -0.122. The first-order valence-electron chi connectivity index (χ1n) is 6.08. The lowest BCUT2D eigenvalue weighted by atomic mass is 9.94. The molecular formula is C16H18ClN. The Morgan fingerprint density at radius 1 is 1.00 bits per heavy atom. The number of rotatable bonds is 2. The Kier molecular flexibility index (Phi) is 3.74. The summed E-state index contributed by atoms with van der Waals surface area (Å²) in [6.07, 6.45) is 0. The molecule has 2 aromatic carbocycles. The summed E-state index contributed by atoms with van der Waals surface area (Å²) in [5.41, 5.74) is 12.2. The quantitative estimate of drug-likeness (QED) is 0.854. The van der Waals surface area contributed by atoms with Crippen LogP contribution < -0.4 is 5.73 Å². The first-order valence-corrected chi connectivity index (χ1v) is 6.46. The second-order valence-corrected chi connectivity index (χ2v) is 5.18. The maximum atomic E-state index is 6.35. The van der Waals surface area contributed by atoms with Gasteiger partial charge in [0.15, 0.2) is 0 Å². The third kappa shape index (κ3) is 2.43. The summed E-state index contributed by atoms with van der Waals surface area (Å²) in [7, 11) is 0. The molecule has 0 aliphatic carbocycles. The maximum Gasteiger partial charge on any atom is 0.0554 e. The Balaban J connectivity index is 2.44. The number of halogens is 1. The number of aryl methyl sites for hydroxylation is 2. The molecule has 1 unspecified atom stereocenters.